The van der Waals surface area contributed by atoms with E-state index in [9.17, 15) is 14.7 Å². The smallest absolute Gasteiger partial charge is 0.305 e. The molecule has 4 aliphatic rings. The SMILES string of the molecule is C=C(CO)C1CCC2[C@]3(CC[C@]4(C)C(C(C)CCC=C(C)C=O)CC[C@@]24C)C[C@]13CCC(=O)OC. The topological polar surface area (TPSA) is 63.6 Å². The lowest BCUT2D eigenvalue weighted by Gasteiger charge is -2.61. The summed E-state index contributed by atoms with van der Waals surface area (Å²) in [7, 11) is 1.49. The van der Waals surface area contributed by atoms with Crippen LogP contribution in [-0.4, -0.2) is 31.1 Å². The molecule has 1 N–H and O–H groups in total. The van der Waals surface area contributed by atoms with Crippen LogP contribution in [0.15, 0.2) is 23.8 Å². The van der Waals surface area contributed by atoms with Crippen LogP contribution in [0, 0.1) is 45.3 Å². The van der Waals surface area contributed by atoms with Crippen LogP contribution < -0.4 is 0 Å². The van der Waals surface area contributed by atoms with Crippen LogP contribution in [0.3, 0.4) is 0 Å². The zero-order valence-corrected chi connectivity index (χ0v) is 22.8. The maximum atomic E-state index is 12.2. The molecule has 0 saturated heterocycles. The highest BCUT2D eigenvalue weighted by molar-refractivity contribution is 5.71. The second-order valence-electron chi connectivity index (χ2n) is 13.2. The average molecular weight is 485 g/mol. The summed E-state index contributed by atoms with van der Waals surface area (Å²) < 4.78 is 5.03. The number of carbonyl (C=O) groups excluding carboxylic acids is 2. The van der Waals surface area contributed by atoms with Gasteiger partial charge in [0.25, 0.3) is 0 Å². The Labute approximate surface area is 213 Å². The number of aliphatic hydroxyl groups excluding tert-OH is 1. The van der Waals surface area contributed by atoms with E-state index in [4.69, 9.17) is 4.74 Å². The molecule has 4 fully saturated rings. The third-order valence-electron chi connectivity index (χ3n) is 12.2. The minimum Gasteiger partial charge on any atom is -0.469 e. The maximum absolute atomic E-state index is 12.2. The first-order valence-corrected chi connectivity index (χ1v) is 14.0. The molecule has 4 heteroatoms. The highest BCUT2D eigenvalue weighted by Gasteiger charge is 2.80. The first kappa shape index (κ1) is 26.6. The Kier molecular flexibility index (Phi) is 7.21. The molecule has 196 valence electrons. The van der Waals surface area contributed by atoms with Crippen LogP contribution in [-0.2, 0) is 14.3 Å². The van der Waals surface area contributed by atoms with Crippen molar-refractivity contribution in [1.82, 2.24) is 0 Å². The van der Waals surface area contributed by atoms with Crippen molar-refractivity contribution in [2.45, 2.75) is 98.3 Å². The van der Waals surface area contributed by atoms with Gasteiger partial charge in [-0.25, -0.2) is 0 Å². The molecule has 0 aromatic carbocycles. The summed E-state index contributed by atoms with van der Waals surface area (Å²) in [4.78, 5) is 23.1. The summed E-state index contributed by atoms with van der Waals surface area (Å²) in [5, 5.41) is 10.00. The van der Waals surface area contributed by atoms with Gasteiger partial charge in [0.05, 0.1) is 13.7 Å². The van der Waals surface area contributed by atoms with Gasteiger partial charge in [-0.1, -0.05) is 33.4 Å². The van der Waals surface area contributed by atoms with Gasteiger partial charge >= 0.3 is 5.97 Å². The second kappa shape index (κ2) is 9.47. The number of esters is 1. The summed E-state index contributed by atoms with van der Waals surface area (Å²) in [6.45, 7) is 13.9. The van der Waals surface area contributed by atoms with Crippen LogP contribution in [0.5, 0.6) is 0 Å². The summed E-state index contributed by atoms with van der Waals surface area (Å²) in [6, 6.07) is 0. The number of aldehydes is 1. The van der Waals surface area contributed by atoms with E-state index < -0.39 is 0 Å². The molecule has 4 rings (SSSR count). The predicted molar refractivity (Wildman–Crippen MR) is 140 cm³/mol. The van der Waals surface area contributed by atoms with E-state index in [1.165, 1.54) is 45.6 Å². The number of hydrogen-bond acceptors (Lipinski definition) is 4. The van der Waals surface area contributed by atoms with Gasteiger partial charge in [-0.2, -0.15) is 0 Å². The molecule has 0 bridgehead atoms. The molecule has 0 aliphatic heterocycles. The van der Waals surface area contributed by atoms with Crippen molar-refractivity contribution in [3.63, 3.8) is 0 Å². The van der Waals surface area contributed by atoms with Crippen molar-refractivity contribution in [2.75, 3.05) is 13.7 Å². The predicted octanol–water partition coefficient (Wildman–Crippen LogP) is 6.67. The Morgan fingerprint density at radius 3 is 2.57 bits per heavy atom. The van der Waals surface area contributed by atoms with Gasteiger partial charge in [0.2, 0.25) is 0 Å². The molecule has 0 heterocycles. The molecule has 8 atom stereocenters. The maximum Gasteiger partial charge on any atom is 0.305 e. The Morgan fingerprint density at radius 2 is 1.91 bits per heavy atom. The molecule has 0 radical (unpaired) electrons. The van der Waals surface area contributed by atoms with Crippen molar-refractivity contribution in [2.24, 2.45) is 45.3 Å². The Bertz CT molecular complexity index is 890. The Balaban J connectivity index is 1.58. The molecule has 4 nitrogen and oxygen atoms in total. The van der Waals surface area contributed by atoms with E-state index in [2.05, 4.69) is 33.4 Å². The van der Waals surface area contributed by atoms with Gasteiger partial charge in [0.1, 0.15) is 6.29 Å². The first-order valence-electron chi connectivity index (χ1n) is 14.0. The quantitative estimate of drug-likeness (QED) is 0.163. The van der Waals surface area contributed by atoms with E-state index >= 15 is 0 Å². The van der Waals surface area contributed by atoms with E-state index in [0.717, 1.165) is 49.0 Å². The highest BCUT2D eigenvalue weighted by Crippen LogP contribution is 2.87. The molecule has 0 amide bonds. The summed E-state index contributed by atoms with van der Waals surface area (Å²) in [6.07, 6.45) is 15.2. The van der Waals surface area contributed by atoms with Crippen molar-refractivity contribution in [3.8, 4) is 0 Å². The normalized spacial score (nSPS) is 42.9. The number of carbonyl (C=O) groups is 2. The molecule has 4 unspecified atom stereocenters. The van der Waals surface area contributed by atoms with Gasteiger partial charge in [-0.05, 0) is 128 Å². The molecular weight excluding hydrogens is 436 g/mol. The van der Waals surface area contributed by atoms with Gasteiger partial charge in [-0.3, -0.25) is 9.59 Å². The van der Waals surface area contributed by atoms with Crippen LogP contribution >= 0.6 is 0 Å². The van der Waals surface area contributed by atoms with Gasteiger partial charge in [0, 0.05) is 6.42 Å². The van der Waals surface area contributed by atoms with Crippen LogP contribution in [0.2, 0.25) is 0 Å². The highest BCUT2D eigenvalue weighted by atomic mass is 16.5. The number of aliphatic hydroxyl groups is 1. The van der Waals surface area contributed by atoms with Crippen molar-refractivity contribution < 1.29 is 19.4 Å². The van der Waals surface area contributed by atoms with Gasteiger partial charge in [-0.15, -0.1) is 0 Å². The fraction of sp³-hybridized carbons (Fsp3) is 0.806. The van der Waals surface area contributed by atoms with Gasteiger partial charge in [0.15, 0.2) is 0 Å². The summed E-state index contributed by atoms with van der Waals surface area (Å²) in [5.41, 5.74) is 2.87. The third kappa shape index (κ3) is 3.88. The van der Waals surface area contributed by atoms with E-state index in [1.54, 1.807) is 0 Å². The molecule has 0 aromatic rings. The number of hydrogen-bond donors (Lipinski definition) is 1. The number of methoxy groups -OCH3 is 1. The number of rotatable bonds is 10. The van der Waals surface area contributed by atoms with E-state index in [1.807, 2.05) is 6.92 Å². The minimum absolute atomic E-state index is 0.0536. The fourth-order valence-electron chi connectivity index (χ4n) is 10.2. The molecule has 1 spiro atoms. The second-order valence-corrected chi connectivity index (χ2v) is 13.2. The largest absolute Gasteiger partial charge is 0.469 e. The fourth-order valence-corrected chi connectivity index (χ4v) is 10.2. The minimum atomic E-state index is -0.114. The molecule has 35 heavy (non-hydrogen) atoms. The van der Waals surface area contributed by atoms with E-state index in [-0.39, 0.29) is 23.4 Å². The van der Waals surface area contributed by atoms with Crippen molar-refractivity contribution >= 4 is 12.3 Å². The number of fused-ring (bicyclic) bond motifs is 2. The number of ether oxygens (including phenoxy) is 1. The van der Waals surface area contributed by atoms with Crippen molar-refractivity contribution in [1.29, 1.82) is 0 Å². The lowest BCUT2D eigenvalue weighted by molar-refractivity contribution is -0.142. The van der Waals surface area contributed by atoms with Crippen molar-refractivity contribution in [3.05, 3.63) is 23.8 Å². The van der Waals surface area contributed by atoms with Crippen LogP contribution in [0.4, 0.5) is 0 Å². The monoisotopic (exact) mass is 484 g/mol. The Hall–Kier alpha value is -1.42. The Morgan fingerprint density at radius 1 is 1.17 bits per heavy atom. The molecule has 0 aromatic heterocycles. The molecule has 4 aliphatic carbocycles. The average Bonchev–Trinajstić information content (AvgIpc) is 3.44. The van der Waals surface area contributed by atoms with E-state index in [0.29, 0.717) is 35.0 Å². The van der Waals surface area contributed by atoms with Crippen LogP contribution in [0.1, 0.15) is 98.3 Å². The lowest BCUT2D eigenvalue weighted by atomic mass is 9.43. The summed E-state index contributed by atoms with van der Waals surface area (Å²) in [5.74, 6) is 2.27. The third-order valence-corrected chi connectivity index (χ3v) is 12.2. The van der Waals surface area contributed by atoms with Crippen LogP contribution in [0.25, 0.3) is 0 Å². The first-order chi connectivity index (χ1) is 16.5. The number of allylic oxidation sites excluding steroid dienone is 2. The summed E-state index contributed by atoms with van der Waals surface area (Å²) >= 11 is 0. The zero-order chi connectivity index (χ0) is 25.6. The zero-order valence-electron chi connectivity index (χ0n) is 22.8. The lowest BCUT2D eigenvalue weighted by Crippen LogP contribution is -2.54. The molecule has 4 saturated carbocycles. The molecular formula is C31H48O4. The van der Waals surface area contributed by atoms with Gasteiger partial charge < -0.3 is 9.84 Å². The standard InChI is InChI=1S/C31H48O4/c1-21(18-32)8-7-9-22(2)24-12-14-29(5)26-11-10-25(23(3)19-33)30(15-13-27(34)35-6)20-31(26,30)17-16-28(24,29)4/h8,18,22,24-26,33H,3,7,9-17,19-20H2,1-2,4-6H3/t22?,24?,25?,26?,28-,29+,30-,31+/m1/s1.